The van der Waals surface area contributed by atoms with Gasteiger partial charge in [0.2, 0.25) is 5.95 Å². The lowest BCUT2D eigenvalue weighted by molar-refractivity contribution is 0.115. The summed E-state index contributed by atoms with van der Waals surface area (Å²) >= 11 is 0. The van der Waals surface area contributed by atoms with Gasteiger partial charge in [0, 0.05) is 44.2 Å². The lowest BCUT2D eigenvalue weighted by Gasteiger charge is -2.23. The van der Waals surface area contributed by atoms with E-state index in [0.29, 0.717) is 6.10 Å². The molecule has 112 valence electrons. The maximum atomic E-state index is 5.69. The van der Waals surface area contributed by atoms with E-state index in [9.17, 15) is 0 Å². The third-order valence-electron chi connectivity index (χ3n) is 3.56. The summed E-state index contributed by atoms with van der Waals surface area (Å²) in [6.45, 7) is 8.86. The Balaban J connectivity index is 1.88. The first-order chi connectivity index (χ1) is 9.83. The Hall–Kier alpha value is -1.20. The van der Waals surface area contributed by atoms with Crippen LogP contribution in [0.25, 0.3) is 0 Å². The van der Waals surface area contributed by atoms with E-state index in [2.05, 4.69) is 34.0 Å². The van der Waals surface area contributed by atoms with Gasteiger partial charge in [-0.3, -0.25) is 0 Å². The van der Waals surface area contributed by atoms with E-state index in [1.54, 1.807) is 0 Å². The highest BCUT2D eigenvalue weighted by atomic mass is 16.5. The molecule has 0 amide bonds. The number of likely N-dealkylation sites (N-methyl/N-ethyl adjacent to an activating group) is 1. The van der Waals surface area contributed by atoms with Gasteiger partial charge < -0.3 is 15.0 Å². The molecule has 1 aromatic rings. The summed E-state index contributed by atoms with van der Waals surface area (Å²) in [5, 5.41) is 3.36. The van der Waals surface area contributed by atoms with Crippen LogP contribution in [0.4, 0.5) is 5.95 Å². The fourth-order valence-corrected chi connectivity index (χ4v) is 2.40. The van der Waals surface area contributed by atoms with Crippen molar-refractivity contribution in [1.29, 1.82) is 0 Å². The highest BCUT2D eigenvalue weighted by Gasteiger charge is 2.19. The molecular formula is C15H26N4O. The molecule has 20 heavy (non-hydrogen) atoms. The van der Waals surface area contributed by atoms with E-state index in [1.165, 1.54) is 6.42 Å². The zero-order valence-corrected chi connectivity index (χ0v) is 12.6. The third-order valence-corrected chi connectivity index (χ3v) is 3.56. The van der Waals surface area contributed by atoms with Crippen molar-refractivity contribution >= 4 is 5.95 Å². The number of rotatable bonds is 8. The van der Waals surface area contributed by atoms with Crippen LogP contribution in [-0.4, -0.2) is 42.3 Å². The van der Waals surface area contributed by atoms with Crippen LogP contribution in [0.1, 0.15) is 38.7 Å². The van der Waals surface area contributed by atoms with Crippen molar-refractivity contribution in [2.45, 2.75) is 45.8 Å². The van der Waals surface area contributed by atoms with Gasteiger partial charge in [-0.1, -0.05) is 6.92 Å². The fourth-order valence-electron chi connectivity index (χ4n) is 2.40. The Morgan fingerprint density at radius 1 is 1.35 bits per heavy atom. The minimum absolute atomic E-state index is 0.337. The Morgan fingerprint density at radius 2 is 2.15 bits per heavy atom. The predicted octanol–water partition coefficient (Wildman–Crippen LogP) is 1.98. The number of ether oxygens (including phenoxy) is 1. The second-order valence-electron chi connectivity index (χ2n) is 5.24. The highest BCUT2D eigenvalue weighted by molar-refractivity contribution is 5.29. The van der Waals surface area contributed by atoms with E-state index < -0.39 is 0 Å². The fraction of sp³-hybridized carbons (Fsp3) is 0.733. The molecule has 0 radical (unpaired) electrons. The Kier molecular flexibility index (Phi) is 6.21. The molecular weight excluding hydrogens is 252 g/mol. The zero-order valence-electron chi connectivity index (χ0n) is 12.6. The summed E-state index contributed by atoms with van der Waals surface area (Å²) in [6, 6.07) is 0. The second kappa shape index (κ2) is 8.17. The first kappa shape index (κ1) is 15.2. The van der Waals surface area contributed by atoms with Crippen molar-refractivity contribution in [2.75, 3.05) is 31.1 Å². The van der Waals surface area contributed by atoms with Crippen LogP contribution in [0, 0.1) is 0 Å². The molecule has 1 aliphatic rings. The summed E-state index contributed by atoms with van der Waals surface area (Å²) < 4.78 is 5.69. The number of aromatic nitrogens is 2. The van der Waals surface area contributed by atoms with Gasteiger partial charge in [0.1, 0.15) is 0 Å². The van der Waals surface area contributed by atoms with E-state index in [0.717, 1.165) is 57.1 Å². The average Bonchev–Trinajstić information content (AvgIpc) is 2.99. The molecule has 1 fully saturated rings. The minimum atomic E-state index is 0.337. The van der Waals surface area contributed by atoms with E-state index in [1.807, 2.05) is 12.4 Å². The molecule has 2 rings (SSSR count). The molecule has 5 nitrogen and oxygen atoms in total. The highest BCUT2D eigenvalue weighted by Crippen LogP contribution is 2.16. The molecule has 1 atom stereocenters. The van der Waals surface area contributed by atoms with Gasteiger partial charge in [0.15, 0.2) is 0 Å². The summed E-state index contributed by atoms with van der Waals surface area (Å²) in [7, 11) is 0. The van der Waals surface area contributed by atoms with Crippen LogP contribution < -0.4 is 10.2 Å². The smallest absolute Gasteiger partial charge is 0.225 e. The molecule has 1 saturated heterocycles. The zero-order chi connectivity index (χ0) is 14.2. The molecule has 0 saturated carbocycles. The predicted molar refractivity (Wildman–Crippen MR) is 80.9 cm³/mol. The number of nitrogens with one attached hydrogen (secondary N) is 1. The van der Waals surface area contributed by atoms with E-state index >= 15 is 0 Å². The molecule has 0 bridgehead atoms. The summed E-state index contributed by atoms with van der Waals surface area (Å²) in [4.78, 5) is 11.2. The largest absolute Gasteiger partial charge is 0.376 e. The van der Waals surface area contributed by atoms with Gasteiger partial charge in [0.05, 0.1) is 6.10 Å². The maximum Gasteiger partial charge on any atom is 0.225 e. The lowest BCUT2D eigenvalue weighted by atomic mass is 10.2. The summed E-state index contributed by atoms with van der Waals surface area (Å²) in [6.07, 6.45) is 7.64. The van der Waals surface area contributed by atoms with E-state index in [-0.39, 0.29) is 0 Å². The van der Waals surface area contributed by atoms with Crippen LogP contribution in [-0.2, 0) is 11.3 Å². The molecule has 0 aromatic carbocycles. The standard InChI is InChI=1S/C15H26N4O/c1-3-7-16-9-13-10-17-15(18-11-13)19(4-2)12-14-6-5-8-20-14/h10-11,14,16H,3-9,12H2,1-2H3. The number of anilines is 1. The molecule has 0 aliphatic carbocycles. The number of hydrogen-bond acceptors (Lipinski definition) is 5. The SMILES string of the molecule is CCCNCc1cnc(N(CC)CC2CCCO2)nc1. The van der Waals surface area contributed by atoms with E-state index in [4.69, 9.17) is 4.74 Å². The van der Waals surface area contributed by atoms with Gasteiger partial charge in [0.25, 0.3) is 0 Å². The van der Waals surface area contributed by atoms with Crippen LogP contribution >= 0.6 is 0 Å². The number of nitrogens with zero attached hydrogens (tertiary/aromatic N) is 3. The number of hydrogen-bond donors (Lipinski definition) is 1. The second-order valence-corrected chi connectivity index (χ2v) is 5.24. The van der Waals surface area contributed by atoms with Crippen molar-refractivity contribution in [3.05, 3.63) is 18.0 Å². The van der Waals surface area contributed by atoms with Crippen LogP contribution in [0.5, 0.6) is 0 Å². The van der Waals surface area contributed by atoms with Crippen LogP contribution in [0.3, 0.4) is 0 Å². The van der Waals surface area contributed by atoms with Gasteiger partial charge in [-0.15, -0.1) is 0 Å². The Labute approximate surface area is 121 Å². The maximum absolute atomic E-state index is 5.69. The van der Waals surface area contributed by atoms with Gasteiger partial charge in [-0.05, 0) is 32.7 Å². The third kappa shape index (κ3) is 4.42. The molecule has 1 aliphatic heterocycles. The average molecular weight is 278 g/mol. The topological polar surface area (TPSA) is 50.3 Å². The molecule has 1 unspecified atom stereocenters. The van der Waals surface area contributed by atoms with Crippen molar-refractivity contribution in [1.82, 2.24) is 15.3 Å². The molecule has 2 heterocycles. The normalized spacial score (nSPS) is 18.4. The van der Waals surface area contributed by atoms with Gasteiger partial charge in [-0.2, -0.15) is 0 Å². The molecule has 1 aromatic heterocycles. The van der Waals surface area contributed by atoms with Crippen LogP contribution in [0.2, 0.25) is 0 Å². The van der Waals surface area contributed by atoms with Crippen LogP contribution in [0.15, 0.2) is 12.4 Å². The molecule has 5 heteroatoms. The summed E-state index contributed by atoms with van der Waals surface area (Å²) in [5.74, 6) is 0.808. The lowest BCUT2D eigenvalue weighted by Crippen LogP contribution is -2.33. The Bertz CT molecular complexity index is 376. The minimum Gasteiger partial charge on any atom is -0.376 e. The van der Waals surface area contributed by atoms with Crippen molar-refractivity contribution in [3.8, 4) is 0 Å². The van der Waals surface area contributed by atoms with Gasteiger partial charge >= 0.3 is 0 Å². The van der Waals surface area contributed by atoms with Crippen molar-refractivity contribution in [2.24, 2.45) is 0 Å². The van der Waals surface area contributed by atoms with Crippen molar-refractivity contribution < 1.29 is 4.74 Å². The molecule has 0 spiro atoms. The summed E-state index contributed by atoms with van der Waals surface area (Å²) in [5.41, 5.74) is 1.13. The Morgan fingerprint density at radius 3 is 2.75 bits per heavy atom. The first-order valence-corrected chi connectivity index (χ1v) is 7.71. The monoisotopic (exact) mass is 278 g/mol. The first-order valence-electron chi connectivity index (χ1n) is 7.71. The quantitative estimate of drug-likeness (QED) is 0.737. The molecule has 1 N–H and O–H groups in total. The van der Waals surface area contributed by atoms with Crippen molar-refractivity contribution in [3.63, 3.8) is 0 Å². The van der Waals surface area contributed by atoms with Gasteiger partial charge in [-0.25, -0.2) is 9.97 Å².